The lowest BCUT2D eigenvalue weighted by Crippen LogP contribution is -2.41. The first-order chi connectivity index (χ1) is 14.5. The van der Waals surface area contributed by atoms with Crippen LogP contribution in [-0.2, 0) is 25.5 Å². The van der Waals surface area contributed by atoms with Gasteiger partial charge in [-0.15, -0.1) is 0 Å². The standard InChI is InChI=1S/C22H29N3O5/c1-2-30-21(28)17-11-13-24(14-12-17)19(26)9-8-18-20(27)25(22(29)23-18)15-10-16-6-4-3-5-7-16/h3-7,17-18H,2,8-15H2,1H3,(H,23,29)/t18-/m1/s1. The quantitative estimate of drug-likeness (QED) is 0.515. The zero-order chi connectivity index (χ0) is 21.5. The average Bonchev–Trinajstić information content (AvgIpc) is 3.04. The summed E-state index contributed by atoms with van der Waals surface area (Å²) in [7, 11) is 0. The number of piperidine rings is 1. The lowest BCUT2D eigenvalue weighted by atomic mass is 9.96. The summed E-state index contributed by atoms with van der Waals surface area (Å²) in [4.78, 5) is 52.0. The number of nitrogens with zero attached hydrogens (tertiary/aromatic N) is 2. The minimum Gasteiger partial charge on any atom is -0.466 e. The normalized spacial score (nSPS) is 19.7. The highest BCUT2D eigenvalue weighted by molar-refractivity contribution is 6.04. The zero-order valence-electron chi connectivity index (χ0n) is 17.3. The van der Waals surface area contributed by atoms with E-state index in [2.05, 4.69) is 5.32 Å². The number of rotatable bonds is 8. The molecule has 1 aromatic carbocycles. The molecule has 1 atom stereocenters. The van der Waals surface area contributed by atoms with Gasteiger partial charge in [-0.25, -0.2) is 4.79 Å². The van der Waals surface area contributed by atoms with Crippen molar-refractivity contribution in [3.8, 4) is 0 Å². The van der Waals surface area contributed by atoms with Crippen molar-refractivity contribution in [2.24, 2.45) is 5.92 Å². The van der Waals surface area contributed by atoms with Gasteiger partial charge < -0.3 is 15.0 Å². The molecule has 8 nitrogen and oxygen atoms in total. The van der Waals surface area contributed by atoms with Gasteiger partial charge in [-0.2, -0.15) is 0 Å². The Morgan fingerprint density at radius 2 is 1.83 bits per heavy atom. The van der Waals surface area contributed by atoms with Gasteiger partial charge in [0.2, 0.25) is 5.91 Å². The Morgan fingerprint density at radius 3 is 2.50 bits per heavy atom. The number of hydrogen-bond acceptors (Lipinski definition) is 5. The number of carbonyl (C=O) groups excluding carboxylic acids is 4. The molecule has 0 bridgehead atoms. The van der Waals surface area contributed by atoms with Crippen LogP contribution >= 0.6 is 0 Å². The van der Waals surface area contributed by atoms with E-state index in [0.29, 0.717) is 45.5 Å². The summed E-state index contributed by atoms with van der Waals surface area (Å²) in [5.41, 5.74) is 1.06. The number of nitrogens with one attached hydrogen (secondary N) is 1. The van der Waals surface area contributed by atoms with E-state index in [4.69, 9.17) is 4.74 Å². The number of ether oxygens (including phenoxy) is 1. The lowest BCUT2D eigenvalue weighted by molar-refractivity contribution is -0.151. The van der Waals surface area contributed by atoms with Crippen molar-refractivity contribution in [1.82, 2.24) is 15.1 Å². The lowest BCUT2D eigenvalue weighted by Gasteiger charge is -2.31. The topological polar surface area (TPSA) is 96.0 Å². The van der Waals surface area contributed by atoms with Crippen LogP contribution in [0.25, 0.3) is 0 Å². The molecule has 1 N–H and O–H groups in total. The molecular weight excluding hydrogens is 386 g/mol. The Morgan fingerprint density at radius 1 is 1.13 bits per heavy atom. The SMILES string of the molecule is CCOC(=O)C1CCN(C(=O)CC[C@H]2NC(=O)N(CCc3ccccc3)C2=O)CC1. The van der Waals surface area contributed by atoms with Gasteiger partial charge in [0.25, 0.3) is 5.91 Å². The van der Waals surface area contributed by atoms with Crippen LogP contribution in [-0.4, -0.2) is 65.9 Å². The predicted molar refractivity (Wildman–Crippen MR) is 109 cm³/mol. The zero-order valence-corrected chi connectivity index (χ0v) is 17.3. The van der Waals surface area contributed by atoms with Crippen molar-refractivity contribution in [1.29, 1.82) is 0 Å². The molecule has 3 rings (SSSR count). The van der Waals surface area contributed by atoms with Gasteiger partial charge in [0.15, 0.2) is 0 Å². The Balaban J connectivity index is 1.42. The molecule has 2 aliphatic rings. The summed E-state index contributed by atoms with van der Waals surface area (Å²) >= 11 is 0. The molecule has 0 aromatic heterocycles. The number of carbonyl (C=O) groups is 4. The van der Waals surface area contributed by atoms with Crippen LogP contribution in [0, 0.1) is 5.92 Å². The number of likely N-dealkylation sites (tertiary alicyclic amines) is 1. The fourth-order valence-electron chi connectivity index (χ4n) is 3.92. The van der Waals surface area contributed by atoms with E-state index in [1.807, 2.05) is 30.3 Å². The maximum absolute atomic E-state index is 12.6. The third kappa shape index (κ3) is 5.37. The fraction of sp³-hybridized carbons (Fsp3) is 0.545. The highest BCUT2D eigenvalue weighted by Crippen LogP contribution is 2.20. The number of esters is 1. The van der Waals surface area contributed by atoms with Gasteiger partial charge in [-0.1, -0.05) is 30.3 Å². The average molecular weight is 415 g/mol. The first-order valence-corrected chi connectivity index (χ1v) is 10.6. The Bertz CT molecular complexity index is 774. The molecule has 0 spiro atoms. The molecule has 4 amide bonds. The van der Waals surface area contributed by atoms with Crippen LogP contribution in [0.15, 0.2) is 30.3 Å². The maximum atomic E-state index is 12.6. The van der Waals surface area contributed by atoms with Gasteiger partial charge in [0, 0.05) is 26.1 Å². The first-order valence-electron chi connectivity index (χ1n) is 10.6. The molecule has 0 saturated carbocycles. The summed E-state index contributed by atoms with van der Waals surface area (Å²) in [6, 6.07) is 8.62. The monoisotopic (exact) mass is 415 g/mol. The van der Waals surface area contributed by atoms with Crippen molar-refractivity contribution in [3.63, 3.8) is 0 Å². The van der Waals surface area contributed by atoms with Crippen LogP contribution < -0.4 is 5.32 Å². The van der Waals surface area contributed by atoms with Gasteiger partial charge in [-0.05, 0) is 38.2 Å². The summed E-state index contributed by atoms with van der Waals surface area (Å²) in [6.07, 6.45) is 2.26. The van der Waals surface area contributed by atoms with Crippen LogP contribution in [0.3, 0.4) is 0 Å². The fourth-order valence-corrected chi connectivity index (χ4v) is 3.92. The Kier molecular flexibility index (Phi) is 7.43. The molecule has 162 valence electrons. The summed E-state index contributed by atoms with van der Waals surface area (Å²) < 4.78 is 5.05. The third-order valence-electron chi connectivity index (χ3n) is 5.69. The summed E-state index contributed by atoms with van der Waals surface area (Å²) in [6.45, 7) is 3.48. The van der Waals surface area contributed by atoms with E-state index < -0.39 is 12.1 Å². The van der Waals surface area contributed by atoms with Crippen LogP contribution in [0.1, 0.15) is 38.2 Å². The predicted octanol–water partition coefficient (Wildman–Crippen LogP) is 1.73. The molecule has 0 unspecified atom stereocenters. The Hall–Kier alpha value is -2.90. The molecule has 2 aliphatic heterocycles. The second kappa shape index (κ2) is 10.2. The molecule has 2 heterocycles. The van der Waals surface area contributed by atoms with E-state index in [0.717, 1.165) is 5.56 Å². The first kappa shape index (κ1) is 21.8. The van der Waals surface area contributed by atoms with Crippen molar-refractivity contribution in [3.05, 3.63) is 35.9 Å². The highest BCUT2D eigenvalue weighted by Gasteiger charge is 2.38. The number of hydrogen-bond donors (Lipinski definition) is 1. The van der Waals surface area contributed by atoms with Crippen molar-refractivity contribution in [2.75, 3.05) is 26.2 Å². The van der Waals surface area contributed by atoms with Crippen LogP contribution in [0.5, 0.6) is 0 Å². The maximum Gasteiger partial charge on any atom is 0.324 e. The number of imide groups is 1. The van der Waals surface area contributed by atoms with E-state index >= 15 is 0 Å². The van der Waals surface area contributed by atoms with Gasteiger partial charge in [0.1, 0.15) is 6.04 Å². The van der Waals surface area contributed by atoms with Crippen LogP contribution in [0.4, 0.5) is 4.79 Å². The molecule has 0 aliphatic carbocycles. The third-order valence-corrected chi connectivity index (χ3v) is 5.69. The number of urea groups is 1. The van der Waals surface area contributed by atoms with Gasteiger partial charge in [-0.3, -0.25) is 19.3 Å². The second-order valence-corrected chi connectivity index (χ2v) is 7.67. The number of benzene rings is 1. The van der Waals surface area contributed by atoms with Gasteiger partial charge >= 0.3 is 12.0 Å². The molecule has 30 heavy (non-hydrogen) atoms. The van der Waals surface area contributed by atoms with E-state index in [9.17, 15) is 19.2 Å². The molecular formula is C22H29N3O5. The summed E-state index contributed by atoms with van der Waals surface area (Å²) in [5, 5.41) is 2.69. The van der Waals surface area contributed by atoms with Crippen LogP contribution in [0.2, 0.25) is 0 Å². The highest BCUT2D eigenvalue weighted by atomic mass is 16.5. The largest absolute Gasteiger partial charge is 0.466 e. The van der Waals surface area contributed by atoms with Crippen molar-refractivity contribution in [2.45, 2.75) is 45.1 Å². The molecule has 2 saturated heterocycles. The number of amides is 4. The molecule has 2 fully saturated rings. The smallest absolute Gasteiger partial charge is 0.324 e. The van der Waals surface area contributed by atoms with Gasteiger partial charge in [0.05, 0.1) is 12.5 Å². The minimum absolute atomic E-state index is 0.0536. The van der Waals surface area contributed by atoms with E-state index in [1.165, 1.54) is 4.90 Å². The Labute approximate surface area is 176 Å². The molecule has 8 heteroatoms. The van der Waals surface area contributed by atoms with E-state index in [1.54, 1.807) is 11.8 Å². The van der Waals surface area contributed by atoms with E-state index in [-0.39, 0.29) is 36.5 Å². The van der Waals surface area contributed by atoms with Crippen molar-refractivity contribution < 1.29 is 23.9 Å². The summed E-state index contributed by atoms with van der Waals surface area (Å²) in [5.74, 6) is -0.672. The second-order valence-electron chi connectivity index (χ2n) is 7.67. The van der Waals surface area contributed by atoms with Crippen molar-refractivity contribution >= 4 is 23.8 Å². The molecule has 0 radical (unpaired) electrons. The molecule has 1 aromatic rings. The minimum atomic E-state index is -0.658.